The molecule has 1 aliphatic rings. The Bertz CT molecular complexity index is 989. The molecule has 2 amide bonds. The van der Waals surface area contributed by atoms with Crippen LogP contribution >= 0.6 is 23.2 Å². The Balaban J connectivity index is 1.58. The number of rotatable bonds is 8. The Kier molecular flexibility index (Phi) is 7.00. The Morgan fingerprint density at radius 3 is 2.43 bits per heavy atom. The highest BCUT2D eigenvalue weighted by molar-refractivity contribution is 6.35. The van der Waals surface area contributed by atoms with E-state index in [4.69, 9.17) is 32.7 Å². The van der Waals surface area contributed by atoms with Gasteiger partial charge in [-0.25, -0.2) is 4.79 Å². The lowest BCUT2D eigenvalue weighted by Crippen LogP contribution is -2.31. The minimum atomic E-state index is -0.607. The molecule has 3 rings (SSSR count). The van der Waals surface area contributed by atoms with Gasteiger partial charge in [0.15, 0.2) is 0 Å². The molecule has 0 saturated carbocycles. The molecule has 158 valence electrons. The Morgan fingerprint density at radius 1 is 1.00 bits per heavy atom. The number of hydrogen-bond donors (Lipinski definition) is 0. The number of carbonyl (C=O) groups is 3. The van der Waals surface area contributed by atoms with Crippen LogP contribution in [-0.4, -0.2) is 42.4 Å². The van der Waals surface area contributed by atoms with Crippen molar-refractivity contribution < 1.29 is 23.9 Å². The number of ether oxygens (including phenoxy) is 2. The zero-order chi connectivity index (χ0) is 21.8. The second-order valence-electron chi connectivity index (χ2n) is 7.26. The van der Waals surface area contributed by atoms with E-state index in [1.165, 1.54) is 23.1 Å². The summed E-state index contributed by atoms with van der Waals surface area (Å²) in [6.45, 7) is 4.49. The van der Waals surface area contributed by atoms with E-state index >= 15 is 0 Å². The molecule has 0 fully saturated rings. The SMILES string of the molecule is CC(C)CCN1C(=O)c2ccc(C(=O)OCCOc3ccc(Cl)cc3Cl)cc2C1=O. The van der Waals surface area contributed by atoms with Gasteiger partial charge in [0.2, 0.25) is 0 Å². The smallest absolute Gasteiger partial charge is 0.338 e. The minimum absolute atomic E-state index is 0.0116. The molecule has 1 heterocycles. The maximum atomic E-state index is 12.6. The lowest BCUT2D eigenvalue weighted by atomic mass is 10.1. The van der Waals surface area contributed by atoms with Crippen molar-refractivity contribution in [2.75, 3.05) is 19.8 Å². The summed E-state index contributed by atoms with van der Waals surface area (Å²) in [4.78, 5) is 38.6. The molecule has 2 aromatic carbocycles. The van der Waals surface area contributed by atoms with Crippen LogP contribution in [0.1, 0.15) is 51.3 Å². The first-order chi connectivity index (χ1) is 14.3. The van der Waals surface area contributed by atoms with E-state index in [0.29, 0.717) is 33.8 Å². The predicted molar refractivity (Wildman–Crippen MR) is 114 cm³/mol. The van der Waals surface area contributed by atoms with E-state index in [1.807, 2.05) is 13.8 Å². The molecule has 6 nitrogen and oxygen atoms in total. The second-order valence-corrected chi connectivity index (χ2v) is 8.11. The number of amides is 2. The van der Waals surface area contributed by atoms with Crippen molar-refractivity contribution in [1.29, 1.82) is 0 Å². The third-order valence-corrected chi connectivity index (χ3v) is 5.13. The van der Waals surface area contributed by atoms with Gasteiger partial charge in [-0.3, -0.25) is 14.5 Å². The Hall–Kier alpha value is -2.57. The van der Waals surface area contributed by atoms with Crippen LogP contribution in [0.4, 0.5) is 0 Å². The zero-order valence-corrected chi connectivity index (χ0v) is 18.1. The minimum Gasteiger partial charge on any atom is -0.488 e. The lowest BCUT2D eigenvalue weighted by Gasteiger charge is -2.14. The van der Waals surface area contributed by atoms with Gasteiger partial charge in [0.1, 0.15) is 19.0 Å². The molecule has 0 aromatic heterocycles. The van der Waals surface area contributed by atoms with Crippen molar-refractivity contribution in [2.24, 2.45) is 5.92 Å². The predicted octanol–water partition coefficient (Wildman–Crippen LogP) is 4.87. The highest BCUT2D eigenvalue weighted by Crippen LogP contribution is 2.27. The molecule has 0 atom stereocenters. The van der Waals surface area contributed by atoms with Gasteiger partial charge in [0, 0.05) is 11.6 Å². The van der Waals surface area contributed by atoms with Gasteiger partial charge in [-0.2, -0.15) is 0 Å². The topological polar surface area (TPSA) is 72.9 Å². The molecule has 30 heavy (non-hydrogen) atoms. The molecule has 0 spiro atoms. The molecule has 0 N–H and O–H groups in total. The molecule has 1 aliphatic heterocycles. The third kappa shape index (κ3) is 4.94. The van der Waals surface area contributed by atoms with E-state index < -0.39 is 5.97 Å². The van der Waals surface area contributed by atoms with Crippen molar-refractivity contribution >= 4 is 41.0 Å². The summed E-state index contributed by atoms with van der Waals surface area (Å²) in [5.41, 5.74) is 0.730. The first kappa shape index (κ1) is 22.1. The fourth-order valence-corrected chi connectivity index (χ4v) is 3.43. The van der Waals surface area contributed by atoms with Crippen molar-refractivity contribution in [1.82, 2.24) is 4.90 Å². The van der Waals surface area contributed by atoms with Crippen LogP contribution in [-0.2, 0) is 4.74 Å². The van der Waals surface area contributed by atoms with Gasteiger partial charge in [-0.1, -0.05) is 37.0 Å². The van der Waals surface area contributed by atoms with Crippen LogP contribution in [0.25, 0.3) is 0 Å². The number of carbonyl (C=O) groups excluding carboxylic acids is 3. The quantitative estimate of drug-likeness (QED) is 0.326. The number of benzene rings is 2. The largest absolute Gasteiger partial charge is 0.488 e. The summed E-state index contributed by atoms with van der Waals surface area (Å²) >= 11 is 11.8. The van der Waals surface area contributed by atoms with Crippen LogP contribution in [0, 0.1) is 5.92 Å². The average Bonchev–Trinajstić information content (AvgIpc) is 2.94. The van der Waals surface area contributed by atoms with Gasteiger partial charge in [-0.05, 0) is 48.7 Å². The Labute approximate surface area is 184 Å². The van der Waals surface area contributed by atoms with E-state index in [2.05, 4.69) is 0 Å². The van der Waals surface area contributed by atoms with E-state index in [-0.39, 0.29) is 36.2 Å². The van der Waals surface area contributed by atoms with Crippen LogP contribution < -0.4 is 4.74 Å². The maximum Gasteiger partial charge on any atom is 0.338 e. The van der Waals surface area contributed by atoms with E-state index in [1.54, 1.807) is 18.2 Å². The van der Waals surface area contributed by atoms with Crippen molar-refractivity contribution in [3.63, 3.8) is 0 Å². The third-order valence-electron chi connectivity index (χ3n) is 4.60. The summed E-state index contributed by atoms with van der Waals surface area (Å²) in [5, 5.41) is 0.851. The lowest BCUT2D eigenvalue weighted by molar-refractivity contribution is 0.0450. The van der Waals surface area contributed by atoms with Crippen molar-refractivity contribution in [3.8, 4) is 5.75 Å². The first-order valence-electron chi connectivity index (χ1n) is 9.53. The van der Waals surface area contributed by atoms with Crippen LogP contribution in [0.15, 0.2) is 36.4 Å². The molecule has 0 unspecified atom stereocenters. The number of fused-ring (bicyclic) bond motifs is 1. The zero-order valence-electron chi connectivity index (χ0n) is 16.6. The highest BCUT2D eigenvalue weighted by Gasteiger charge is 2.35. The summed E-state index contributed by atoms with van der Waals surface area (Å²) in [5.74, 6) is -0.524. The highest BCUT2D eigenvalue weighted by atomic mass is 35.5. The van der Waals surface area contributed by atoms with Gasteiger partial charge >= 0.3 is 5.97 Å². The molecular weight excluding hydrogens is 429 g/mol. The number of nitrogens with zero attached hydrogens (tertiary/aromatic N) is 1. The molecule has 2 aromatic rings. The van der Waals surface area contributed by atoms with Gasteiger partial charge in [-0.15, -0.1) is 0 Å². The monoisotopic (exact) mass is 449 g/mol. The molecular formula is C22H21Cl2NO5. The number of hydrogen-bond acceptors (Lipinski definition) is 5. The maximum absolute atomic E-state index is 12.6. The number of esters is 1. The second kappa shape index (κ2) is 9.49. The number of imide groups is 1. The fourth-order valence-electron chi connectivity index (χ4n) is 2.97. The van der Waals surface area contributed by atoms with Crippen molar-refractivity contribution in [3.05, 3.63) is 63.1 Å². The summed E-state index contributed by atoms with van der Waals surface area (Å²) < 4.78 is 10.7. The average molecular weight is 450 g/mol. The molecule has 0 radical (unpaired) electrons. The van der Waals surface area contributed by atoms with Crippen molar-refractivity contribution in [2.45, 2.75) is 20.3 Å². The summed E-state index contributed by atoms with van der Waals surface area (Å²) in [6, 6.07) is 9.20. The van der Waals surface area contributed by atoms with E-state index in [0.717, 1.165) is 6.42 Å². The molecule has 8 heteroatoms. The normalized spacial score (nSPS) is 13.0. The Morgan fingerprint density at radius 2 is 1.73 bits per heavy atom. The van der Waals surface area contributed by atoms with Gasteiger partial charge < -0.3 is 9.47 Å². The molecule has 0 saturated heterocycles. The van der Waals surface area contributed by atoms with E-state index in [9.17, 15) is 14.4 Å². The number of halogens is 2. The molecule has 0 bridgehead atoms. The first-order valence-corrected chi connectivity index (χ1v) is 10.3. The fraction of sp³-hybridized carbons (Fsp3) is 0.318. The van der Waals surface area contributed by atoms with Gasteiger partial charge in [0.05, 0.1) is 21.7 Å². The van der Waals surface area contributed by atoms with Crippen LogP contribution in [0.5, 0.6) is 5.75 Å². The van der Waals surface area contributed by atoms with Crippen LogP contribution in [0.3, 0.4) is 0 Å². The van der Waals surface area contributed by atoms with Crippen LogP contribution in [0.2, 0.25) is 10.0 Å². The molecule has 0 aliphatic carbocycles. The van der Waals surface area contributed by atoms with Gasteiger partial charge in [0.25, 0.3) is 11.8 Å². The summed E-state index contributed by atoms with van der Waals surface area (Å²) in [6.07, 6.45) is 0.720. The summed E-state index contributed by atoms with van der Waals surface area (Å²) in [7, 11) is 0. The standard InChI is InChI=1S/C22H21Cl2NO5/c1-13(2)7-8-25-20(26)16-5-3-14(11-17(16)21(25)27)22(28)30-10-9-29-19-6-4-15(23)12-18(19)24/h3-6,11-13H,7-10H2,1-2H3.